The number of nitrogens with one attached hydrogen (secondary N) is 1. The SMILES string of the molecule is CC(=O)[C@@H](N)CNC(N)N. The summed E-state index contributed by atoms with van der Waals surface area (Å²) in [7, 11) is 0. The second kappa shape index (κ2) is 4.35. The van der Waals surface area contributed by atoms with Crippen molar-refractivity contribution in [3.05, 3.63) is 0 Å². The predicted octanol–water partition coefficient (Wildman–Crippen LogP) is -2.31. The van der Waals surface area contributed by atoms with Crippen molar-refractivity contribution >= 4 is 5.78 Å². The van der Waals surface area contributed by atoms with Crippen molar-refractivity contribution in [2.45, 2.75) is 19.3 Å². The summed E-state index contributed by atoms with van der Waals surface area (Å²) < 4.78 is 0. The van der Waals surface area contributed by atoms with Gasteiger partial charge in [-0.25, -0.2) is 0 Å². The third kappa shape index (κ3) is 4.39. The van der Waals surface area contributed by atoms with E-state index in [1.807, 2.05) is 0 Å². The summed E-state index contributed by atoms with van der Waals surface area (Å²) in [6.45, 7) is 1.75. The van der Waals surface area contributed by atoms with Crippen LogP contribution in [0.4, 0.5) is 0 Å². The van der Waals surface area contributed by atoms with Crippen molar-refractivity contribution < 1.29 is 4.79 Å². The van der Waals surface area contributed by atoms with E-state index in [0.29, 0.717) is 6.54 Å². The molecule has 0 aromatic rings. The average molecular weight is 146 g/mol. The minimum atomic E-state index is -0.606. The highest BCUT2D eigenvalue weighted by Gasteiger charge is 2.06. The third-order valence-corrected chi connectivity index (χ3v) is 1.10. The predicted molar refractivity (Wildman–Crippen MR) is 38.8 cm³/mol. The summed E-state index contributed by atoms with van der Waals surface area (Å²) in [5.74, 6) is -0.0758. The van der Waals surface area contributed by atoms with Crippen molar-refractivity contribution in [1.82, 2.24) is 5.32 Å². The second-order valence-electron chi connectivity index (χ2n) is 2.15. The van der Waals surface area contributed by atoms with E-state index >= 15 is 0 Å². The fourth-order valence-electron chi connectivity index (χ4n) is 0.407. The normalized spacial score (nSPS) is 13.7. The molecule has 0 bridgehead atoms. The van der Waals surface area contributed by atoms with Crippen LogP contribution in [0.2, 0.25) is 0 Å². The van der Waals surface area contributed by atoms with E-state index in [9.17, 15) is 4.79 Å². The topological polar surface area (TPSA) is 107 Å². The Balaban J connectivity index is 3.40. The van der Waals surface area contributed by atoms with Crippen molar-refractivity contribution in [2.75, 3.05) is 6.54 Å². The van der Waals surface area contributed by atoms with Crippen molar-refractivity contribution in [1.29, 1.82) is 0 Å². The summed E-state index contributed by atoms with van der Waals surface area (Å²) >= 11 is 0. The van der Waals surface area contributed by atoms with Crippen LogP contribution in [0.5, 0.6) is 0 Å². The maximum absolute atomic E-state index is 10.5. The van der Waals surface area contributed by atoms with Gasteiger partial charge in [0.15, 0.2) is 0 Å². The van der Waals surface area contributed by atoms with Gasteiger partial charge in [-0.3, -0.25) is 10.1 Å². The Morgan fingerprint density at radius 2 is 2.00 bits per heavy atom. The molecular weight excluding hydrogens is 132 g/mol. The van der Waals surface area contributed by atoms with E-state index in [2.05, 4.69) is 5.32 Å². The summed E-state index contributed by atoms with van der Waals surface area (Å²) in [6.07, 6.45) is -0.606. The molecule has 0 aromatic carbocycles. The van der Waals surface area contributed by atoms with Gasteiger partial charge in [-0.1, -0.05) is 0 Å². The molecule has 0 saturated heterocycles. The maximum Gasteiger partial charge on any atom is 0.147 e. The molecule has 0 aliphatic heterocycles. The lowest BCUT2D eigenvalue weighted by atomic mass is 10.2. The highest BCUT2D eigenvalue weighted by Crippen LogP contribution is 1.76. The van der Waals surface area contributed by atoms with Crippen molar-refractivity contribution in [3.63, 3.8) is 0 Å². The maximum atomic E-state index is 10.5. The molecule has 1 atom stereocenters. The van der Waals surface area contributed by atoms with E-state index in [0.717, 1.165) is 0 Å². The van der Waals surface area contributed by atoms with Gasteiger partial charge in [-0.15, -0.1) is 0 Å². The van der Waals surface area contributed by atoms with E-state index < -0.39 is 12.3 Å². The lowest BCUT2D eigenvalue weighted by Crippen LogP contribution is -2.51. The first kappa shape index (κ1) is 9.51. The van der Waals surface area contributed by atoms with Crippen LogP contribution in [0.25, 0.3) is 0 Å². The molecule has 0 spiro atoms. The molecule has 5 heteroatoms. The Labute approximate surface area is 59.9 Å². The number of nitrogens with two attached hydrogens (primary N) is 3. The zero-order valence-corrected chi connectivity index (χ0v) is 6.00. The number of ketones is 1. The minimum absolute atomic E-state index is 0.0758. The highest BCUT2D eigenvalue weighted by atomic mass is 16.1. The van der Waals surface area contributed by atoms with Crippen LogP contribution in [-0.2, 0) is 4.79 Å². The van der Waals surface area contributed by atoms with E-state index in [1.54, 1.807) is 0 Å². The fraction of sp³-hybridized carbons (Fsp3) is 0.800. The van der Waals surface area contributed by atoms with Gasteiger partial charge in [-0.05, 0) is 6.92 Å². The highest BCUT2D eigenvalue weighted by molar-refractivity contribution is 5.81. The number of carbonyl (C=O) groups is 1. The van der Waals surface area contributed by atoms with Gasteiger partial charge in [0.1, 0.15) is 12.1 Å². The first-order valence-corrected chi connectivity index (χ1v) is 3.04. The number of Topliss-reactive ketones (excluding diaryl/α,β-unsaturated/α-hetero) is 1. The molecule has 5 nitrogen and oxygen atoms in total. The molecule has 0 aromatic heterocycles. The van der Waals surface area contributed by atoms with Crippen molar-refractivity contribution in [2.24, 2.45) is 17.2 Å². The van der Waals surface area contributed by atoms with Gasteiger partial charge in [-0.2, -0.15) is 0 Å². The average Bonchev–Trinajstić information content (AvgIpc) is 1.82. The monoisotopic (exact) mass is 146 g/mol. The lowest BCUT2D eigenvalue weighted by Gasteiger charge is -2.11. The molecule has 7 N–H and O–H groups in total. The number of hydrogen-bond acceptors (Lipinski definition) is 5. The second-order valence-corrected chi connectivity index (χ2v) is 2.15. The quantitative estimate of drug-likeness (QED) is 0.333. The van der Waals surface area contributed by atoms with Gasteiger partial charge in [0.25, 0.3) is 0 Å². The molecule has 0 aliphatic carbocycles. The number of hydrogen-bond donors (Lipinski definition) is 4. The molecule has 0 saturated carbocycles. The van der Waals surface area contributed by atoms with E-state index in [1.165, 1.54) is 6.92 Å². The first-order valence-electron chi connectivity index (χ1n) is 3.04. The minimum Gasteiger partial charge on any atom is -0.320 e. The van der Waals surface area contributed by atoms with Crippen LogP contribution in [-0.4, -0.2) is 24.7 Å². The Morgan fingerprint density at radius 1 is 1.50 bits per heavy atom. The van der Waals surface area contributed by atoms with Gasteiger partial charge in [0.2, 0.25) is 0 Å². The molecular formula is C5H14N4O. The standard InChI is InChI=1S/C5H14N4O/c1-3(10)4(6)2-9-5(7)8/h4-5,9H,2,6-8H2,1H3/t4-/m0/s1. The van der Waals surface area contributed by atoms with Crippen LogP contribution < -0.4 is 22.5 Å². The Hall–Kier alpha value is -0.490. The van der Waals surface area contributed by atoms with E-state index in [-0.39, 0.29) is 5.78 Å². The Bertz CT molecular complexity index is 114. The van der Waals surface area contributed by atoms with Crippen LogP contribution in [0.15, 0.2) is 0 Å². The first-order chi connectivity index (χ1) is 4.54. The molecule has 0 rings (SSSR count). The Kier molecular flexibility index (Phi) is 4.13. The fourth-order valence-corrected chi connectivity index (χ4v) is 0.407. The van der Waals surface area contributed by atoms with E-state index in [4.69, 9.17) is 17.2 Å². The molecule has 10 heavy (non-hydrogen) atoms. The van der Waals surface area contributed by atoms with Crippen LogP contribution >= 0.6 is 0 Å². The molecule has 0 fully saturated rings. The van der Waals surface area contributed by atoms with Gasteiger partial charge in [0.05, 0.1) is 6.04 Å². The van der Waals surface area contributed by atoms with Crippen LogP contribution in [0.3, 0.4) is 0 Å². The summed E-state index contributed by atoms with van der Waals surface area (Å²) in [5, 5.41) is 2.64. The van der Waals surface area contributed by atoms with Gasteiger partial charge < -0.3 is 17.2 Å². The molecule has 0 amide bonds. The summed E-state index contributed by atoms with van der Waals surface area (Å²) in [4.78, 5) is 10.5. The van der Waals surface area contributed by atoms with Gasteiger partial charge >= 0.3 is 0 Å². The van der Waals surface area contributed by atoms with Crippen LogP contribution in [0, 0.1) is 0 Å². The summed E-state index contributed by atoms with van der Waals surface area (Å²) in [5.41, 5.74) is 15.6. The smallest absolute Gasteiger partial charge is 0.147 e. The molecule has 0 aliphatic rings. The number of rotatable bonds is 4. The zero-order valence-electron chi connectivity index (χ0n) is 6.00. The Morgan fingerprint density at radius 3 is 2.30 bits per heavy atom. The van der Waals surface area contributed by atoms with Crippen molar-refractivity contribution in [3.8, 4) is 0 Å². The zero-order chi connectivity index (χ0) is 8.15. The molecule has 0 radical (unpaired) electrons. The van der Waals surface area contributed by atoms with Gasteiger partial charge in [0, 0.05) is 6.54 Å². The molecule has 0 unspecified atom stereocenters. The molecule has 0 heterocycles. The summed E-state index contributed by atoms with van der Waals surface area (Å²) in [6, 6.07) is -0.505. The largest absolute Gasteiger partial charge is 0.320 e. The lowest BCUT2D eigenvalue weighted by molar-refractivity contribution is -0.118. The van der Waals surface area contributed by atoms with Crippen LogP contribution in [0.1, 0.15) is 6.92 Å². The number of carbonyl (C=O) groups excluding carboxylic acids is 1. The molecule has 60 valence electrons. The third-order valence-electron chi connectivity index (χ3n) is 1.10.